The quantitative estimate of drug-likeness (QED) is 0.405. The Morgan fingerprint density at radius 3 is 1.30 bits per heavy atom. The lowest BCUT2D eigenvalue weighted by atomic mass is 10.0. The summed E-state index contributed by atoms with van der Waals surface area (Å²) in [5.41, 5.74) is -1.14. The van der Waals surface area contributed by atoms with Gasteiger partial charge in [-0.05, 0) is 61.3 Å². The molecule has 1 aliphatic carbocycles. The number of hydrogen-bond donors (Lipinski definition) is 0. The number of hydrogen-bond acceptors (Lipinski definition) is 0. The Morgan fingerprint density at radius 2 is 0.963 bits per heavy atom. The SMILES string of the molecule is FC(F)(F)c1ccc(P(c2ccc(C(F)(F)F)cc2)C2CCCCC2)cc1. The molecule has 7 heteroatoms. The smallest absolute Gasteiger partial charge is 0.166 e. The first-order valence-electron chi connectivity index (χ1n) is 8.80. The molecule has 0 bridgehead atoms. The summed E-state index contributed by atoms with van der Waals surface area (Å²) >= 11 is 0. The van der Waals surface area contributed by atoms with Crippen LogP contribution in [0.25, 0.3) is 0 Å². The predicted octanol–water partition coefficient (Wildman–Crippen LogP) is 6.49. The van der Waals surface area contributed by atoms with E-state index in [0.717, 1.165) is 67.0 Å². The van der Waals surface area contributed by atoms with Crippen LogP contribution < -0.4 is 10.6 Å². The largest absolute Gasteiger partial charge is 0.416 e. The Kier molecular flexibility index (Phi) is 5.85. The zero-order valence-corrected chi connectivity index (χ0v) is 15.3. The molecule has 1 fully saturated rings. The first kappa shape index (κ1) is 20.2. The zero-order chi connectivity index (χ0) is 19.7. The minimum absolute atomic E-state index is 0.280. The molecule has 0 unspecified atom stereocenters. The predicted molar refractivity (Wildman–Crippen MR) is 95.9 cm³/mol. The van der Waals surface area contributed by atoms with Crippen LogP contribution in [0.15, 0.2) is 48.5 Å². The molecule has 0 nitrogen and oxygen atoms in total. The zero-order valence-electron chi connectivity index (χ0n) is 14.4. The lowest BCUT2D eigenvalue weighted by molar-refractivity contribution is -0.138. The number of halogens is 6. The topological polar surface area (TPSA) is 0 Å². The Hall–Kier alpha value is -1.55. The van der Waals surface area contributed by atoms with Crippen molar-refractivity contribution < 1.29 is 26.3 Å². The van der Waals surface area contributed by atoms with Crippen molar-refractivity contribution in [3.63, 3.8) is 0 Å². The highest BCUT2D eigenvalue weighted by Crippen LogP contribution is 2.47. The third kappa shape index (κ3) is 4.84. The fourth-order valence-corrected chi connectivity index (χ4v) is 6.50. The van der Waals surface area contributed by atoms with Gasteiger partial charge in [0.1, 0.15) is 0 Å². The van der Waals surface area contributed by atoms with Crippen molar-refractivity contribution in [2.75, 3.05) is 0 Å². The second kappa shape index (κ2) is 7.83. The first-order chi connectivity index (χ1) is 12.7. The molecule has 0 aliphatic heterocycles. The molecule has 27 heavy (non-hydrogen) atoms. The Bertz CT molecular complexity index is 683. The molecule has 3 rings (SSSR count). The summed E-state index contributed by atoms with van der Waals surface area (Å²) in [4.78, 5) is 0. The van der Waals surface area contributed by atoms with Gasteiger partial charge in [0.05, 0.1) is 11.1 Å². The molecule has 0 amide bonds. The molecule has 0 atom stereocenters. The van der Waals surface area contributed by atoms with Gasteiger partial charge in [0.15, 0.2) is 0 Å². The Morgan fingerprint density at radius 1 is 0.593 bits per heavy atom. The fraction of sp³-hybridized carbons (Fsp3) is 0.400. The van der Waals surface area contributed by atoms with Crippen molar-refractivity contribution in [2.45, 2.75) is 50.1 Å². The highest BCUT2D eigenvalue weighted by atomic mass is 31.1. The molecule has 0 aromatic heterocycles. The van der Waals surface area contributed by atoms with Gasteiger partial charge in [-0.25, -0.2) is 0 Å². The van der Waals surface area contributed by atoms with Crippen LogP contribution in [0, 0.1) is 0 Å². The summed E-state index contributed by atoms with van der Waals surface area (Å²) in [6.45, 7) is 0. The molecule has 2 aromatic carbocycles. The number of benzene rings is 2. The minimum atomic E-state index is -4.40. The third-order valence-corrected chi connectivity index (χ3v) is 7.84. The third-order valence-electron chi connectivity index (χ3n) is 4.89. The van der Waals surface area contributed by atoms with Crippen molar-refractivity contribution in [3.05, 3.63) is 59.7 Å². The Balaban J connectivity index is 1.96. The van der Waals surface area contributed by atoms with Gasteiger partial charge in [-0.2, -0.15) is 26.3 Å². The second-order valence-corrected chi connectivity index (χ2v) is 9.25. The van der Waals surface area contributed by atoms with Gasteiger partial charge in [-0.1, -0.05) is 43.5 Å². The van der Waals surface area contributed by atoms with Gasteiger partial charge in [-0.15, -0.1) is 0 Å². The summed E-state index contributed by atoms with van der Waals surface area (Å²) in [6.07, 6.45) is -3.68. The van der Waals surface area contributed by atoms with Crippen molar-refractivity contribution in [1.29, 1.82) is 0 Å². The van der Waals surface area contributed by atoms with Crippen LogP contribution in [0.3, 0.4) is 0 Å². The van der Waals surface area contributed by atoms with Crippen molar-refractivity contribution >= 4 is 18.5 Å². The average molecular weight is 404 g/mol. The number of rotatable bonds is 3. The van der Waals surface area contributed by atoms with Gasteiger partial charge in [-0.3, -0.25) is 0 Å². The summed E-state index contributed by atoms with van der Waals surface area (Å²) in [5, 5.41) is 1.56. The van der Waals surface area contributed by atoms with Crippen LogP contribution in [-0.2, 0) is 12.4 Å². The van der Waals surface area contributed by atoms with E-state index in [-0.39, 0.29) is 5.66 Å². The van der Waals surface area contributed by atoms with E-state index < -0.39 is 31.4 Å². The van der Waals surface area contributed by atoms with Gasteiger partial charge in [0.2, 0.25) is 0 Å². The van der Waals surface area contributed by atoms with Crippen molar-refractivity contribution in [3.8, 4) is 0 Å². The van der Waals surface area contributed by atoms with Crippen LogP contribution in [-0.4, -0.2) is 5.66 Å². The van der Waals surface area contributed by atoms with Gasteiger partial charge in [0.25, 0.3) is 0 Å². The van der Waals surface area contributed by atoms with Gasteiger partial charge < -0.3 is 0 Å². The van der Waals surface area contributed by atoms with Gasteiger partial charge >= 0.3 is 12.4 Å². The fourth-order valence-electron chi connectivity index (χ4n) is 3.53. The van der Waals surface area contributed by atoms with E-state index in [1.165, 1.54) is 24.3 Å². The standard InChI is InChI=1S/C20H19F6P/c21-19(22,23)14-6-10-17(11-7-14)27(16-4-2-1-3-5-16)18-12-8-15(9-13-18)20(24,25)26/h6-13,16H,1-5H2. The molecular weight excluding hydrogens is 385 g/mol. The highest BCUT2D eigenvalue weighted by Gasteiger charge is 2.33. The van der Waals surface area contributed by atoms with E-state index >= 15 is 0 Å². The van der Waals surface area contributed by atoms with E-state index in [1.807, 2.05) is 0 Å². The maximum Gasteiger partial charge on any atom is 0.416 e. The average Bonchev–Trinajstić information content (AvgIpc) is 2.62. The van der Waals surface area contributed by atoms with Crippen molar-refractivity contribution in [1.82, 2.24) is 0 Å². The summed E-state index contributed by atoms with van der Waals surface area (Å²) in [6, 6.07) is 10.2. The summed E-state index contributed by atoms with van der Waals surface area (Å²) in [5.74, 6) is 0. The molecule has 0 N–H and O–H groups in total. The van der Waals surface area contributed by atoms with E-state index in [2.05, 4.69) is 0 Å². The monoisotopic (exact) mass is 404 g/mol. The summed E-state index contributed by atoms with van der Waals surface area (Å²) in [7, 11) is -1.00. The van der Waals surface area contributed by atoms with E-state index in [9.17, 15) is 26.3 Å². The molecule has 0 spiro atoms. The molecular formula is C20H19F6P. The van der Waals surface area contributed by atoms with Crippen LogP contribution in [0.2, 0.25) is 0 Å². The minimum Gasteiger partial charge on any atom is -0.166 e. The molecule has 1 saturated carbocycles. The molecule has 146 valence electrons. The normalized spacial score (nSPS) is 16.7. The van der Waals surface area contributed by atoms with Crippen LogP contribution in [0.5, 0.6) is 0 Å². The summed E-state index contributed by atoms with van der Waals surface area (Å²) < 4.78 is 77.1. The molecule has 1 aliphatic rings. The van der Waals surface area contributed by atoms with E-state index in [4.69, 9.17) is 0 Å². The maximum atomic E-state index is 12.9. The van der Waals surface area contributed by atoms with Crippen LogP contribution >= 0.6 is 7.92 Å². The molecule has 0 saturated heterocycles. The molecule has 0 radical (unpaired) electrons. The second-order valence-electron chi connectivity index (χ2n) is 6.75. The molecule has 0 heterocycles. The lowest BCUT2D eigenvalue weighted by Gasteiger charge is -2.31. The Labute approximate surface area is 155 Å². The van der Waals surface area contributed by atoms with Crippen LogP contribution in [0.4, 0.5) is 26.3 Å². The highest BCUT2D eigenvalue weighted by molar-refractivity contribution is 7.73. The van der Waals surface area contributed by atoms with Crippen LogP contribution in [0.1, 0.15) is 43.2 Å². The van der Waals surface area contributed by atoms with E-state index in [0.29, 0.717) is 0 Å². The lowest BCUT2D eigenvalue weighted by Crippen LogP contribution is -2.24. The first-order valence-corrected chi connectivity index (χ1v) is 10.2. The molecule has 2 aromatic rings. The number of alkyl halides is 6. The maximum absolute atomic E-state index is 12.9. The van der Waals surface area contributed by atoms with E-state index in [1.54, 1.807) is 0 Å². The van der Waals surface area contributed by atoms with Gasteiger partial charge in [0, 0.05) is 0 Å². The van der Waals surface area contributed by atoms with Crippen molar-refractivity contribution in [2.24, 2.45) is 0 Å².